The van der Waals surface area contributed by atoms with Gasteiger partial charge in [-0.2, -0.15) is 0 Å². The normalized spacial score (nSPS) is 18.4. The van der Waals surface area contributed by atoms with Crippen molar-refractivity contribution < 1.29 is 0 Å². The molecule has 1 aliphatic heterocycles. The van der Waals surface area contributed by atoms with E-state index in [-0.39, 0.29) is 6.04 Å². The Kier molecular flexibility index (Phi) is 3.77. The first-order valence-corrected chi connectivity index (χ1v) is 7.07. The summed E-state index contributed by atoms with van der Waals surface area (Å²) in [5.41, 5.74) is 2.42. The van der Waals surface area contributed by atoms with Gasteiger partial charge in [-0.25, -0.2) is 0 Å². The van der Waals surface area contributed by atoms with Gasteiger partial charge in [0.15, 0.2) is 0 Å². The Balaban J connectivity index is 2.00. The lowest BCUT2D eigenvalue weighted by molar-refractivity contribution is 0.545. The second kappa shape index (κ2) is 5.87. The van der Waals surface area contributed by atoms with Crippen LogP contribution in [0.25, 0.3) is 0 Å². The fraction of sp³-hybridized carbons (Fsp3) is 0.294. The van der Waals surface area contributed by atoms with E-state index in [2.05, 4.69) is 53.3 Å². The highest BCUT2D eigenvalue weighted by Crippen LogP contribution is 2.27. The molecule has 1 aromatic carbocycles. The maximum Gasteiger partial charge on any atom is 0.102 e. The number of aromatic nitrogens is 1. The number of rotatable bonds is 3. The van der Waals surface area contributed by atoms with Crippen molar-refractivity contribution in [1.29, 1.82) is 0 Å². The van der Waals surface area contributed by atoms with Gasteiger partial charge in [0.1, 0.15) is 6.04 Å². The van der Waals surface area contributed by atoms with Crippen molar-refractivity contribution in [2.24, 2.45) is 4.99 Å². The minimum Gasteiger partial charge on any atom is -0.363 e. The molecule has 3 heteroatoms. The molecule has 20 heavy (non-hydrogen) atoms. The number of amidine groups is 1. The summed E-state index contributed by atoms with van der Waals surface area (Å²) in [6.45, 7) is 1.11. The molecule has 0 amide bonds. The van der Waals surface area contributed by atoms with Gasteiger partial charge < -0.3 is 4.90 Å². The zero-order chi connectivity index (χ0) is 13.8. The molecule has 1 aliphatic rings. The molecule has 3 nitrogen and oxygen atoms in total. The number of benzene rings is 1. The largest absolute Gasteiger partial charge is 0.363 e. The van der Waals surface area contributed by atoms with Crippen molar-refractivity contribution in [2.75, 3.05) is 13.6 Å². The van der Waals surface area contributed by atoms with Crippen molar-refractivity contribution in [3.8, 4) is 0 Å². The van der Waals surface area contributed by atoms with Gasteiger partial charge in [0.2, 0.25) is 0 Å². The minimum atomic E-state index is 0.0646. The topological polar surface area (TPSA) is 28.5 Å². The summed E-state index contributed by atoms with van der Waals surface area (Å²) in [7, 11) is 2.13. The van der Waals surface area contributed by atoms with Crippen LogP contribution in [0.2, 0.25) is 0 Å². The molecule has 0 aliphatic carbocycles. The Bertz CT molecular complexity index is 538. The molecule has 0 radical (unpaired) electrons. The van der Waals surface area contributed by atoms with Gasteiger partial charge in [0, 0.05) is 32.4 Å². The van der Waals surface area contributed by atoms with Gasteiger partial charge in [-0.3, -0.25) is 9.98 Å². The first-order chi connectivity index (χ1) is 9.84. The third-order valence-electron chi connectivity index (χ3n) is 3.75. The van der Waals surface area contributed by atoms with Gasteiger partial charge in [-0.1, -0.05) is 30.3 Å². The Morgan fingerprint density at radius 2 is 1.75 bits per heavy atom. The second-order valence-electron chi connectivity index (χ2n) is 5.16. The van der Waals surface area contributed by atoms with Crippen LogP contribution in [0.15, 0.2) is 59.9 Å². The smallest absolute Gasteiger partial charge is 0.102 e. The Labute approximate surface area is 120 Å². The van der Waals surface area contributed by atoms with E-state index >= 15 is 0 Å². The molecule has 0 bridgehead atoms. The lowest BCUT2D eigenvalue weighted by atomic mass is 10.0. The Hall–Kier alpha value is -2.16. The summed E-state index contributed by atoms with van der Waals surface area (Å²) in [6, 6.07) is 14.6. The second-order valence-corrected chi connectivity index (χ2v) is 5.16. The first-order valence-electron chi connectivity index (χ1n) is 7.07. The zero-order valence-corrected chi connectivity index (χ0v) is 11.7. The lowest BCUT2D eigenvalue weighted by Crippen LogP contribution is -2.20. The van der Waals surface area contributed by atoms with Crippen molar-refractivity contribution in [1.82, 2.24) is 9.88 Å². The Morgan fingerprint density at radius 1 is 1.05 bits per heavy atom. The molecule has 3 rings (SSSR count). The highest BCUT2D eigenvalue weighted by molar-refractivity contribution is 5.84. The first kappa shape index (κ1) is 12.9. The summed E-state index contributed by atoms with van der Waals surface area (Å²) in [6.07, 6.45) is 5.95. The SMILES string of the molecule is CN1CCCC1=NC(c1ccccc1)c1ccncc1. The molecule has 0 spiro atoms. The summed E-state index contributed by atoms with van der Waals surface area (Å²) in [5.74, 6) is 1.20. The van der Waals surface area contributed by atoms with Crippen molar-refractivity contribution in [3.63, 3.8) is 0 Å². The molecule has 1 atom stereocenters. The summed E-state index contributed by atoms with van der Waals surface area (Å²) >= 11 is 0. The molecule has 1 aromatic heterocycles. The average Bonchev–Trinajstić information content (AvgIpc) is 2.92. The van der Waals surface area contributed by atoms with Gasteiger partial charge in [-0.05, 0) is 29.7 Å². The average molecular weight is 265 g/mol. The fourth-order valence-corrected chi connectivity index (χ4v) is 2.63. The van der Waals surface area contributed by atoms with E-state index in [0.717, 1.165) is 13.0 Å². The van der Waals surface area contributed by atoms with Crippen LogP contribution in [0.4, 0.5) is 0 Å². The predicted octanol–water partition coefficient (Wildman–Crippen LogP) is 3.30. The van der Waals surface area contributed by atoms with Crippen molar-refractivity contribution >= 4 is 5.84 Å². The number of pyridine rings is 1. The number of hydrogen-bond donors (Lipinski definition) is 0. The molecule has 2 aromatic rings. The van der Waals surface area contributed by atoms with E-state index in [1.165, 1.54) is 23.4 Å². The summed E-state index contributed by atoms with van der Waals surface area (Å²) in [5, 5.41) is 0. The highest BCUT2D eigenvalue weighted by Gasteiger charge is 2.19. The zero-order valence-electron chi connectivity index (χ0n) is 11.7. The Morgan fingerprint density at radius 3 is 2.40 bits per heavy atom. The number of aliphatic imine (C=N–C) groups is 1. The van der Waals surface area contributed by atoms with Gasteiger partial charge in [0.05, 0.1) is 5.84 Å². The summed E-state index contributed by atoms with van der Waals surface area (Å²) < 4.78 is 0. The molecule has 0 N–H and O–H groups in total. The van der Waals surface area contributed by atoms with E-state index in [1.54, 1.807) is 0 Å². The summed E-state index contributed by atoms with van der Waals surface area (Å²) in [4.78, 5) is 11.4. The fourth-order valence-electron chi connectivity index (χ4n) is 2.63. The van der Waals surface area contributed by atoms with E-state index in [4.69, 9.17) is 4.99 Å². The minimum absolute atomic E-state index is 0.0646. The molecule has 102 valence electrons. The third-order valence-corrected chi connectivity index (χ3v) is 3.75. The molecular formula is C17H19N3. The molecule has 1 saturated heterocycles. The number of likely N-dealkylation sites (tertiary alicyclic amines) is 1. The van der Waals surface area contributed by atoms with Gasteiger partial charge in [0.25, 0.3) is 0 Å². The lowest BCUT2D eigenvalue weighted by Gasteiger charge is -2.18. The van der Waals surface area contributed by atoms with Crippen LogP contribution in [0, 0.1) is 0 Å². The van der Waals surface area contributed by atoms with Crippen molar-refractivity contribution in [3.05, 3.63) is 66.0 Å². The van der Waals surface area contributed by atoms with E-state index in [9.17, 15) is 0 Å². The van der Waals surface area contributed by atoms with E-state index in [0.29, 0.717) is 0 Å². The van der Waals surface area contributed by atoms with Crippen molar-refractivity contribution in [2.45, 2.75) is 18.9 Å². The third kappa shape index (κ3) is 2.72. The maximum absolute atomic E-state index is 5.01. The monoisotopic (exact) mass is 265 g/mol. The van der Waals surface area contributed by atoms with Crippen LogP contribution in [0.1, 0.15) is 30.0 Å². The number of nitrogens with zero attached hydrogens (tertiary/aromatic N) is 3. The molecule has 1 unspecified atom stereocenters. The van der Waals surface area contributed by atoms with Gasteiger partial charge in [-0.15, -0.1) is 0 Å². The number of hydrogen-bond acceptors (Lipinski definition) is 2. The van der Waals surface area contributed by atoms with Crippen LogP contribution >= 0.6 is 0 Å². The van der Waals surface area contributed by atoms with E-state index < -0.39 is 0 Å². The molecule has 0 saturated carbocycles. The highest BCUT2D eigenvalue weighted by atomic mass is 15.2. The predicted molar refractivity (Wildman–Crippen MR) is 81.8 cm³/mol. The van der Waals surface area contributed by atoms with Gasteiger partial charge >= 0.3 is 0 Å². The molecule has 2 heterocycles. The quantitative estimate of drug-likeness (QED) is 0.852. The van der Waals surface area contributed by atoms with Crippen LogP contribution < -0.4 is 0 Å². The molecular weight excluding hydrogens is 246 g/mol. The molecule has 1 fully saturated rings. The van der Waals surface area contributed by atoms with E-state index in [1.807, 2.05) is 18.5 Å². The van der Waals surface area contributed by atoms with Crippen LogP contribution in [0.3, 0.4) is 0 Å². The van der Waals surface area contributed by atoms with Crippen LogP contribution in [0.5, 0.6) is 0 Å². The maximum atomic E-state index is 5.01. The van der Waals surface area contributed by atoms with Crippen LogP contribution in [-0.4, -0.2) is 29.3 Å². The van der Waals surface area contributed by atoms with Crippen LogP contribution in [-0.2, 0) is 0 Å². The standard InChI is InChI=1S/C17H19N3/c1-20-13-5-8-16(20)19-17(14-6-3-2-4-7-14)15-9-11-18-12-10-15/h2-4,6-7,9-12,17H,5,8,13H2,1H3.